The molecule has 5 nitrogen and oxygen atoms in total. The summed E-state index contributed by atoms with van der Waals surface area (Å²) in [5.41, 5.74) is 3.35. The third-order valence-electron chi connectivity index (χ3n) is 3.85. The van der Waals surface area contributed by atoms with Crippen LogP contribution in [0.2, 0.25) is 0 Å². The molecule has 0 aliphatic heterocycles. The first kappa shape index (κ1) is 19.0. The lowest BCUT2D eigenvalue weighted by Gasteiger charge is -2.16. The molecule has 0 unspecified atom stereocenters. The topological polar surface area (TPSA) is 75.3 Å². The van der Waals surface area contributed by atoms with Crippen LogP contribution in [0.1, 0.15) is 43.4 Å². The summed E-state index contributed by atoms with van der Waals surface area (Å²) >= 11 is 0. The van der Waals surface area contributed by atoms with Gasteiger partial charge in [0.05, 0.1) is 4.90 Å². The van der Waals surface area contributed by atoms with Crippen molar-refractivity contribution in [1.82, 2.24) is 0 Å². The number of hydrogen-bond donors (Lipinski definition) is 2. The number of carbonyl (C=O) groups excluding carboxylic acids is 1. The molecule has 1 amide bonds. The van der Waals surface area contributed by atoms with Crippen molar-refractivity contribution in [3.63, 3.8) is 0 Å². The molecule has 25 heavy (non-hydrogen) atoms. The van der Waals surface area contributed by atoms with Gasteiger partial charge in [0, 0.05) is 18.3 Å². The van der Waals surface area contributed by atoms with Gasteiger partial charge in [-0.15, -0.1) is 0 Å². The number of anilines is 2. The Morgan fingerprint density at radius 1 is 1.00 bits per heavy atom. The van der Waals surface area contributed by atoms with Crippen LogP contribution in [0, 0.1) is 13.8 Å². The van der Waals surface area contributed by atoms with E-state index in [0.29, 0.717) is 28.4 Å². The van der Waals surface area contributed by atoms with Gasteiger partial charge in [-0.3, -0.25) is 9.52 Å². The van der Waals surface area contributed by atoms with Crippen molar-refractivity contribution in [2.75, 3.05) is 10.0 Å². The van der Waals surface area contributed by atoms with E-state index in [2.05, 4.69) is 23.9 Å². The third kappa shape index (κ3) is 4.60. The normalized spacial score (nSPS) is 11.4. The Bertz CT molecular complexity index is 880. The maximum atomic E-state index is 12.9. The van der Waals surface area contributed by atoms with Crippen LogP contribution < -0.4 is 10.0 Å². The highest BCUT2D eigenvalue weighted by Crippen LogP contribution is 2.27. The Kier molecular flexibility index (Phi) is 5.52. The highest BCUT2D eigenvalue weighted by atomic mass is 32.2. The van der Waals surface area contributed by atoms with E-state index < -0.39 is 10.0 Å². The van der Waals surface area contributed by atoms with Gasteiger partial charge < -0.3 is 5.32 Å². The molecule has 0 fully saturated rings. The molecule has 0 spiro atoms. The summed E-state index contributed by atoms with van der Waals surface area (Å²) < 4.78 is 28.4. The van der Waals surface area contributed by atoms with Crippen LogP contribution >= 0.6 is 0 Å². The first-order valence-electron chi connectivity index (χ1n) is 8.12. The smallest absolute Gasteiger partial charge is 0.262 e. The van der Waals surface area contributed by atoms with Gasteiger partial charge in [-0.1, -0.05) is 26.0 Å². The van der Waals surface area contributed by atoms with Crippen LogP contribution in [-0.2, 0) is 14.8 Å². The van der Waals surface area contributed by atoms with E-state index in [1.165, 1.54) is 6.92 Å². The summed E-state index contributed by atoms with van der Waals surface area (Å²) in [5, 5.41) is 2.68. The largest absolute Gasteiger partial charge is 0.326 e. The molecule has 0 bridgehead atoms. The summed E-state index contributed by atoms with van der Waals surface area (Å²) in [6.45, 7) is 8.97. The number of aryl methyl sites for hydroxylation is 2. The van der Waals surface area contributed by atoms with Gasteiger partial charge in [0.25, 0.3) is 10.0 Å². The highest BCUT2D eigenvalue weighted by molar-refractivity contribution is 7.92. The van der Waals surface area contributed by atoms with E-state index in [-0.39, 0.29) is 10.8 Å². The van der Waals surface area contributed by atoms with E-state index >= 15 is 0 Å². The van der Waals surface area contributed by atoms with Crippen molar-refractivity contribution in [2.24, 2.45) is 0 Å². The second kappa shape index (κ2) is 7.27. The average Bonchev–Trinajstić information content (AvgIpc) is 2.44. The number of hydrogen-bond acceptors (Lipinski definition) is 3. The third-order valence-corrected chi connectivity index (χ3v) is 5.54. The van der Waals surface area contributed by atoms with Gasteiger partial charge in [-0.2, -0.15) is 0 Å². The molecular formula is C19H24N2O3S. The lowest BCUT2D eigenvalue weighted by atomic mass is 10.0. The molecule has 0 atom stereocenters. The van der Waals surface area contributed by atoms with Crippen molar-refractivity contribution in [3.8, 4) is 0 Å². The molecule has 134 valence electrons. The van der Waals surface area contributed by atoms with E-state index in [1.54, 1.807) is 32.0 Å². The van der Waals surface area contributed by atoms with Crippen LogP contribution in [0.3, 0.4) is 0 Å². The summed E-state index contributed by atoms with van der Waals surface area (Å²) in [4.78, 5) is 11.4. The fraction of sp³-hybridized carbons (Fsp3) is 0.316. The lowest BCUT2D eigenvalue weighted by Crippen LogP contribution is -2.16. The lowest BCUT2D eigenvalue weighted by molar-refractivity contribution is -0.114. The zero-order valence-corrected chi connectivity index (χ0v) is 16.0. The number of nitrogens with one attached hydrogen (secondary N) is 2. The van der Waals surface area contributed by atoms with Crippen LogP contribution in [0.25, 0.3) is 0 Å². The Labute approximate surface area is 149 Å². The molecular weight excluding hydrogens is 336 g/mol. The minimum absolute atomic E-state index is 0.196. The average molecular weight is 360 g/mol. The maximum Gasteiger partial charge on any atom is 0.262 e. The van der Waals surface area contributed by atoms with Crippen LogP contribution in [0.5, 0.6) is 0 Å². The molecule has 6 heteroatoms. The van der Waals surface area contributed by atoms with Crippen LogP contribution in [0.4, 0.5) is 11.4 Å². The predicted octanol–water partition coefficient (Wildman–Crippen LogP) is 4.19. The Hall–Kier alpha value is -2.34. The SMILES string of the molecule is CC(=O)Nc1cc(C)c(S(=O)(=O)Nc2cccc(C(C)C)c2)c(C)c1. The quantitative estimate of drug-likeness (QED) is 0.839. The first-order chi connectivity index (χ1) is 11.6. The fourth-order valence-electron chi connectivity index (χ4n) is 2.82. The summed E-state index contributed by atoms with van der Waals surface area (Å²) in [6, 6.07) is 10.7. The maximum absolute atomic E-state index is 12.9. The second-order valence-electron chi connectivity index (χ2n) is 6.51. The number of carbonyl (C=O) groups is 1. The zero-order valence-electron chi connectivity index (χ0n) is 15.2. The summed E-state index contributed by atoms with van der Waals surface area (Å²) in [6.07, 6.45) is 0. The standard InChI is InChI=1S/C19H24N2O3S/c1-12(2)16-7-6-8-17(11-16)21-25(23,24)19-13(3)9-18(10-14(19)4)20-15(5)22/h6-12,21H,1-5H3,(H,20,22). The molecule has 0 saturated carbocycles. The minimum atomic E-state index is -3.73. The van der Waals surface area contributed by atoms with Gasteiger partial charge in [0.15, 0.2) is 0 Å². The Balaban J connectivity index is 2.40. The molecule has 0 radical (unpaired) electrons. The van der Waals surface area contributed by atoms with Crippen LogP contribution in [0.15, 0.2) is 41.3 Å². The summed E-state index contributed by atoms with van der Waals surface area (Å²) in [5.74, 6) is 0.114. The molecule has 2 rings (SSSR count). The molecule has 0 aliphatic carbocycles. The van der Waals surface area contributed by atoms with Crippen molar-refractivity contribution < 1.29 is 13.2 Å². The Morgan fingerprint density at radius 3 is 2.12 bits per heavy atom. The van der Waals surface area contributed by atoms with Crippen LogP contribution in [-0.4, -0.2) is 14.3 Å². The van der Waals surface area contributed by atoms with Crippen molar-refractivity contribution in [2.45, 2.75) is 45.4 Å². The molecule has 0 aromatic heterocycles. The van der Waals surface area contributed by atoms with Gasteiger partial charge in [-0.25, -0.2) is 8.42 Å². The number of benzene rings is 2. The molecule has 2 N–H and O–H groups in total. The molecule has 2 aromatic carbocycles. The van der Waals surface area contributed by atoms with Gasteiger partial charge >= 0.3 is 0 Å². The fourth-order valence-corrected chi connectivity index (χ4v) is 4.32. The first-order valence-corrected chi connectivity index (χ1v) is 9.60. The highest BCUT2D eigenvalue weighted by Gasteiger charge is 2.21. The second-order valence-corrected chi connectivity index (χ2v) is 8.13. The van der Waals surface area contributed by atoms with Crippen molar-refractivity contribution in [3.05, 3.63) is 53.1 Å². The van der Waals surface area contributed by atoms with E-state index in [0.717, 1.165) is 5.56 Å². The van der Waals surface area contributed by atoms with Gasteiger partial charge in [0.1, 0.15) is 0 Å². The molecule has 0 aliphatic rings. The number of amides is 1. The molecule has 0 heterocycles. The molecule has 2 aromatic rings. The minimum Gasteiger partial charge on any atom is -0.326 e. The Morgan fingerprint density at radius 2 is 1.60 bits per heavy atom. The van der Waals surface area contributed by atoms with Crippen molar-refractivity contribution >= 4 is 27.3 Å². The van der Waals surface area contributed by atoms with Crippen molar-refractivity contribution in [1.29, 1.82) is 0 Å². The van der Waals surface area contributed by atoms with E-state index in [4.69, 9.17) is 0 Å². The monoisotopic (exact) mass is 360 g/mol. The van der Waals surface area contributed by atoms with Gasteiger partial charge in [-0.05, 0) is 60.7 Å². The number of sulfonamides is 1. The van der Waals surface area contributed by atoms with Gasteiger partial charge in [0.2, 0.25) is 5.91 Å². The molecule has 0 saturated heterocycles. The van der Waals surface area contributed by atoms with E-state index in [1.807, 2.05) is 18.2 Å². The summed E-state index contributed by atoms with van der Waals surface area (Å²) in [7, 11) is -3.73. The van der Waals surface area contributed by atoms with E-state index in [9.17, 15) is 13.2 Å². The predicted molar refractivity (Wildman–Crippen MR) is 102 cm³/mol. The number of rotatable bonds is 5. The zero-order chi connectivity index (χ0) is 18.8.